The lowest BCUT2D eigenvalue weighted by atomic mass is 10.3. The average molecular weight is 345 g/mol. The monoisotopic (exact) mass is 345 g/mol. The van der Waals surface area contributed by atoms with Gasteiger partial charge >= 0.3 is 5.69 Å². The number of benzene rings is 1. The van der Waals surface area contributed by atoms with Gasteiger partial charge in [-0.1, -0.05) is 5.16 Å². The Morgan fingerprint density at radius 2 is 2.28 bits per heavy atom. The van der Waals surface area contributed by atoms with Crippen LogP contribution in [0.5, 0.6) is 11.5 Å². The van der Waals surface area contributed by atoms with Crippen LogP contribution in [0.25, 0.3) is 0 Å². The van der Waals surface area contributed by atoms with E-state index in [1.165, 1.54) is 25.3 Å². The van der Waals surface area contributed by atoms with E-state index in [9.17, 15) is 10.1 Å². The first-order valence-electron chi connectivity index (χ1n) is 7.33. The average Bonchev–Trinajstić information content (AvgIpc) is 3.30. The van der Waals surface area contributed by atoms with E-state index < -0.39 is 4.92 Å². The minimum Gasteiger partial charge on any atom is -0.490 e. The molecule has 1 atom stereocenters. The largest absolute Gasteiger partial charge is 0.490 e. The van der Waals surface area contributed by atoms with Gasteiger partial charge in [0.05, 0.1) is 24.4 Å². The fraction of sp³-hybridized carbons (Fsp3) is 0.267. The highest BCUT2D eigenvalue weighted by molar-refractivity contribution is 5.50. The Kier molecular flexibility index (Phi) is 4.59. The number of rotatable bonds is 7. The van der Waals surface area contributed by atoms with Gasteiger partial charge in [0.15, 0.2) is 12.4 Å². The third-order valence-corrected chi connectivity index (χ3v) is 3.54. The van der Waals surface area contributed by atoms with E-state index in [0.717, 1.165) is 0 Å². The molecule has 0 unspecified atom stereocenters. The number of hydrogen-bond donors (Lipinski definition) is 0. The summed E-state index contributed by atoms with van der Waals surface area (Å²) in [6, 6.07) is 4.10. The Labute approximate surface area is 142 Å². The summed E-state index contributed by atoms with van der Waals surface area (Å²) in [5.74, 6) is 1.30. The molecular weight excluding hydrogens is 330 g/mol. The summed E-state index contributed by atoms with van der Waals surface area (Å²) < 4.78 is 17.5. The van der Waals surface area contributed by atoms with Crippen molar-refractivity contribution in [1.29, 1.82) is 0 Å². The van der Waals surface area contributed by atoms with E-state index in [1.807, 2.05) is 11.5 Å². The second kappa shape index (κ2) is 6.99. The Balaban J connectivity index is 1.67. The van der Waals surface area contributed by atoms with E-state index >= 15 is 0 Å². The van der Waals surface area contributed by atoms with Gasteiger partial charge in [0.2, 0.25) is 5.75 Å². The quantitative estimate of drug-likeness (QED) is 0.473. The summed E-state index contributed by atoms with van der Waals surface area (Å²) >= 11 is 0. The first-order chi connectivity index (χ1) is 12.1. The molecule has 0 aliphatic rings. The van der Waals surface area contributed by atoms with Crippen LogP contribution in [-0.4, -0.2) is 31.7 Å². The van der Waals surface area contributed by atoms with Crippen LogP contribution in [0.4, 0.5) is 5.69 Å². The molecule has 3 rings (SSSR count). The Morgan fingerprint density at radius 1 is 1.44 bits per heavy atom. The van der Waals surface area contributed by atoms with Crippen molar-refractivity contribution in [2.75, 3.05) is 7.11 Å². The lowest BCUT2D eigenvalue weighted by molar-refractivity contribution is -0.385. The summed E-state index contributed by atoms with van der Waals surface area (Å²) in [6.45, 7) is 1.95. The van der Waals surface area contributed by atoms with Crippen molar-refractivity contribution in [3.05, 3.63) is 58.7 Å². The molecule has 2 aromatic heterocycles. The fourth-order valence-corrected chi connectivity index (χ4v) is 2.17. The Morgan fingerprint density at radius 3 is 2.96 bits per heavy atom. The van der Waals surface area contributed by atoms with E-state index in [4.69, 9.17) is 14.0 Å². The maximum atomic E-state index is 10.9. The van der Waals surface area contributed by atoms with Crippen LogP contribution in [0.2, 0.25) is 0 Å². The third kappa shape index (κ3) is 3.57. The smallest absolute Gasteiger partial charge is 0.311 e. The van der Waals surface area contributed by atoms with Gasteiger partial charge in [-0.15, -0.1) is 0 Å². The maximum Gasteiger partial charge on any atom is 0.311 e. The second-order valence-corrected chi connectivity index (χ2v) is 5.11. The maximum absolute atomic E-state index is 10.9. The molecule has 130 valence electrons. The van der Waals surface area contributed by atoms with E-state index in [2.05, 4.69) is 15.1 Å². The molecule has 2 heterocycles. The number of imidazole rings is 1. The van der Waals surface area contributed by atoms with Crippen molar-refractivity contribution in [3.63, 3.8) is 0 Å². The van der Waals surface area contributed by atoms with E-state index in [0.29, 0.717) is 17.5 Å². The molecule has 0 aliphatic heterocycles. The van der Waals surface area contributed by atoms with Crippen molar-refractivity contribution in [1.82, 2.24) is 19.7 Å². The number of nitro benzene ring substituents is 1. The predicted molar refractivity (Wildman–Crippen MR) is 84.3 cm³/mol. The minimum absolute atomic E-state index is 0.0324. The molecule has 10 nitrogen and oxygen atoms in total. The zero-order valence-electron chi connectivity index (χ0n) is 13.5. The van der Waals surface area contributed by atoms with Crippen LogP contribution >= 0.6 is 0 Å². The molecule has 1 aromatic carbocycles. The lowest BCUT2D eigenvalue weighted by Gasteiger charge is -2.07. The molecule has 0 aliphatic carbocycles. The zero-order chi connectivity index (χ0) is 17.8. The van der Waals surface area contributed by atoms with Crippen LogP contribution in [0.1, 0.15) is 24.7 Å². The Hall–Kier alpha value is -3.43. The van der Waals surface area contributed by atoms with Crippen LogP contribution in [0.15, 0.2) is 41.4 Å². The van der Waals surface area contributed by atoms with Crippen LogP contribution in [0, 0.1) is 10.1 Å². The summed E-state index contributed by atoms with van der Waals surface area (Å²) in [7, 11) is 1.36. The first-order valence-corrected chi connectivity index (χ1v) is 7.33. The summed E-state index contributed by atoms with van der Waals surface area (Å²) in [6.07, 6.45) is 5.14. The van der Waals surface area contributed by atoms with E-state index in [-0.39, 0.29) is 24.1 Å². The molecule has 0 saturated carbocycles. The second-order valence-electron chi connectivity index (χ2n) is 5.11. The number of methoxy groups -OCH3 is 1. The number of aromatic nitrogens is 4. The highest BCUT2D eigenvalue weighted by Gasteiger charge is 2.17. The summed E-state index contributed by atoms with van der Waals surface area (Å²) in [5, 5.41) is 14.8. The molecular formula is C15H15N5O5. The summed E-state index contributed by atoms with van der Waals surface area (Å²) in [5.41, 5.74) is -0.135. The van der Waals surface area contributed by atoms with Crippen LogP contribution in [0.3, 0.4) is 0 Å². The lowest BCUT2D eigenvalue weighted by Crippen LogP contribution is -2.06. The van der Waals surface area contributed by atoms with Gasteiger partial charge < -0.3 is 18.6 Å². The molecule has 0 N–H and O–H groups in total. The van der Waals surface area contributed by atoms with Crippen molar-refractivity contribution in [2.24, 2.45) is 0 Å². The predicted octanol–water partition coefficient (Wildman–Crippen LogP) is 2.37. The van der Waals surface area contributed by atoms with Gasteiger partial charge in [-0.25, -0.2) is 4.98 Å². The van der Waals surface area contributed by atoms with Crippen LogP contribution in [-0.2, 0) is 6.61 Å². The topological polar surface area (TPSA) is 118 Å². The molecule has 25 heavy (non-hydrogen) atoms. The van der Waals surface area contributed by atoms with Gasteiger partial charge in [-0.05, 0) is 13.0 Å². The molecule has 0 fully saturated rings. The Bertz CT molecular complexity index is 861. The molecule has 10 heteroatoms. The number of nitrogens with zero attached hydrogens (tertiary/aromatic N) is 5. The molecule has 0 bridgehead atoms. The standard InChI is InChI=1S/C15H15N5O5/c1-10(19-6-5-16-9-19)15-17-14(25-18-15)8-24-11-3-4-12(20(21)22)13(7-11)23-2/h3-7,9-10H,8H2,1-2H3/t10-/m0/s1. The van der Waals surface area contributed by atoms with Gasteiger partial charge in [-0.3, -0.25) is 10.1 Å². The molecule has 0 saturated heterocycles. The van der Waals surface area contributed by atoms with Crippen molar-refractivity contribution in [3.8, 4) is 11.5 Å². The van der Waals surface area contributed by atoms with Gasteiger partial charge in [0.1, 0.15) is 5.75 Å². The third-order valence-electron chi connectivity index (χ3n) is 3.54. The van der Waals surface area contributed by atoms with Crippen molar-refractivity contribution >= 4 is 5.69 Å². The normalized spacial score (nSPS) is 11.9. The molecule has 3 aromatic rings. The number of ether oxygens (including phenoxy) is 2. The highest BCUT2D eigenvalue weighted by Crippen LogP contribution is 2.31. The SMILES string of the molecule is COc1cc(OCc2nc([C@H](C)n3ccnc3)no2)ccc1[N+](=O)[O-]. The molecule has 0 radical (unpaired) electrons. The number of hydrogen-bond acceptors (Lipinski definition) is 8. The van der Waals surface area contributed by atoms with Gasteiger partial charge in [-0.2, -0.15) is 4.98 Å². The zero-order valence-corrected chi connectivity index (χ0v) is 13.5. The van der Waals surface area contributed by atoms with Crippen molar-refractivity contribution in [2.45, 2.75) is 19.6 Å². The molecule has 0 spiro atoms. The van der Waals surface area contributed by atoms with Crippen molar-refractivity contribution < 1.29 is 18.9 Å². The molecule has 0 amide bonds. The highest BCUT2D eigenvalue weighted by atomic mass is 16.6. The first kappa shape index (κ1) is 16.4. The van der Waals surface area contributed by atoms with Gasteiger partial charge in [0, 0.05) is 24.5 Å². The van der Waals surface area contributed by atoms with E-state index in [1.54, 1.807) is 18.7 Å². The van der Waals surface area contributed by atoms with Crippen LogP contribution < -0.4 is 9.47 Å². The fourth-order valence-electron chi connectivity index (χ4n) is 2.17. The number of nitro groups is 1. The summed E-state index contributed by atoms with van der Waals surface area (Å²) in [4.78, 5) is 18.6. The minimum atomic E-state index is -0.523. The van der Waals surface area contributed by atoms with Gasteiger partial charge in [0.25, 0.3) is 5.89 Å².